The lowest BCUT2D eigenvalue weighted by Crippen LogP contribution is -2.40. The molecule has 24 heavy (non-hydrogen) atoms. The SMILES string of the molecule is CCc1nc(CCNC(=NC)N(C)CCC2CCOCC2)cs1.I. The number of hydrogen-bond acceptors (Lipinski definition) is 4. The van der Waals surface area contributed by atoms with Gasteiger partial charge in [-0.3, -0.25) is 4.99 Å². The van der Waals surface area contributed by atoms with Crippen molar-refractivity contribution in [2.75, 3.05) is 40.4 Å². The van der Waals surface area contributed by atoms with Gasteiger partial charge in [-0.25, -0.2) is 4.98 Å². The molecule has 1 N–H and O–H groups in total. The normalized spacial score (nSPS) is 15.9. The molecule has 2 heterocycles. The second-order valence-corrected chi connectivity index (χ2v) is 7.02. The summed E-state index contributed by atoms with van der Waals surface area (Å²) < 4.78 is 5.43. The monoisotopic (exact) mass is 466 g/mol. The molecule has 1 aliphatic heterocycles. The summed E-state index contributed by atoms with van der Waals surface area (Å²) in [4.78, 5) is 11.2. The third-order valence-corrected chi connectivity index (χ3v) is 5.39. The molecular formula is C17H31IN4OS. The molecule has 0 bridgehead atoms. The van der Waals surface area contributed by atoms with Crippen molar-refractivity contribution in [2.45, 2.75) is 39.0 Å². The van der Waals surface area contributed by atoms with Crippen LogP contribution in [-0.4, -0.2) is 56.2 Å². The van der Waals surface area contributed by atoms with Crippen molar-refractivity contribution >= 4 is 41.3 Å². The van der Waals surface area contributed by atoms with Gasteiger partial charge in [0.15, 0.2) is 5.96 Å². The Hall–Kier alpha value is -0.410. The molecule has 0 spiro atoms. The molecule has 0 atom stereocenters. The second-order valence-electron chi connectivity index (χ2n) is 6.08. The summed E-state index contributed by atoms with van der Waals surface area (Å²) in [5.41, 5.74) is 1.18. The number of aryl methyl sites for hydroxylation is 1. The summed E-state index contributed by atoms with van der Waals surface area (Å²) in [6.07, 6.45) is 5.58. The molecule has 1 aromatic rings. The van der Waals surface area contributed by atoms with Crippen LogP contribution in [0, 0.1) is 5.92 Å². The van der Waals surface area contributed by atoms with Gasteiger partial charge in [0, 0.05) is 52.2 Å². The maximum atomic E-state index is 5.43. The smallest absolute Gasteiger partial charge is 0.193 e. The molecule has 1 aromatic heterocycles. The van der Waals surface area contributed by atoms with Gasteiger partial charge in [0.1, 0.15) is 0 Å². The first kappa shape index (κ1) is 21.6. The molecule has 2 rings (SSSR count). The van der Waals surface area contributed by atoms with E-state index >= 15 is 0 Å². The third kappa shape index (κ3) is 7.23. The van der Waals surface area contributed by atoms with Crippen molar-refractivity contribution in [2.24, 2.45) is 10.9 Å². The first-order chi connectivity index (χ1) is 11.2. The number of nitrogens with one attached hydrogen (secondary N) is 1. The van der Waals surface area contributed by atoms with Crippen LogP contribution in [0.2, 0.25) is 0 Å². The van der Waals surface area contributed by atoms with Crippen molar-refractivity contribution in [1.82, 2.24) is 15.2 Å². The molecule has 0 aromatic carbocycles. The zero-order chi connectivity index (χ0) is 16.5. The van der Waals surface area contributed by atoms with E-state index in [0.717, 1.165) is 51.0 Å². The summed E-state index contributed by atoms with van der Waals surface area (Å²) in [6.45, 7) is 5.92. The van der Waals surface area contributed by atoms with Gasteiger partial charge in [-0.15, -0.1) is 35.3 Å². The zero-order valence-electron chi connectivity index (χ0n) is 15.1. The highest BCUT2D eigenvalue weighted by atomic mass is 127. The van der Waals surface area contributed by atoms with Gasteiger partial charge in [-0.1, -0.05) is 6.92 Å². The van der Waals surface area contributed by atoms with Crippen molar-refractivity contribution in [3.63, 3.8) is 0 Å². The fourth-order valence-electron chi connectivity index (χ4n) is 2.83. The van der Waals surface area contributed by atoms with Crippen LogP contribution in [0.1, 0.15) is 36.9 Å². The fourth-order valence-corrected chi connectivity index (χ4v) is 3.61. The number of rotatable bonds is 7. The summed E-state index contributed by atoms with van der Waals surface area (Å²) in [5, 5.41) is 6.83. The number of aliphatic imine (C=N–C) groups is 1. The Labute approximate surface area is 167 Å². The predicted octanol–water partition coefficient (Wildman–Crippen LogP) is 3.19. The Morgan fingerprint density at radius 1 is 1.46 bits per heavy atom. The number of aromatic nitrogens is 1. The van der Waals surface area contributed by atoms with E-state index in [2.05, 4.69) is 39.5 Å². The molecule has 0 unspecified atom stereocenters. The van der Waals surface area contributed by atoms with Crippen LogP contribution in [-0.2, 0) is 17.6 Å². The molecule has 5 nitrogen and oxygen atoms in total. The van der Waals surface area contributed by atoms with Crippen molar-refractivity contribution in [3.05, 3.63) is 16.1 Å². The maximum absolute atomic E-state index is 5.43. The van der Waals surface area contributed by atoms with Gasteiger partial charge in [0.2, 0.25) is 0 Å². The van der Waals surface area contributed by atoms with E-state index in [1.165, 1.54) is 30.0 Å². The van der Waals surface area contributed by atoms with Crippen LogP contribution in [0.4, 0.5) is 0 Å². The molecule has 0 amide bonds. The lowest BCUT2D eigenvalue weighted by molar-refractivity contribution is 0.0625. The Bertz CT molecular complexity index is 489. The van der Waals surface area contributed by atoms with Gasteiger partial charge in [-0.2, -0.15) is 0 Å². The van der Waals surface area contributed by atoms with Crippen LogP contribution in [0.3, 0.4) is 0 Å². The van der Waals surface area contributed by atoms with Crippen molar-refractivity contribution in [3.8, 4) is 0 Å². The first-order valence-corrected chi connectivity index (χ1v) is 9.53. The molecule has 1 saturated heterocycles. The second kappa shape index (κ2) is 12.0. The summed E-state index contributed by atoms with van der Waals surface area (Å²) >= 11 is 1.75. The number of halogens is 1. The van der Waals surface area contributed by atoms with Crippen LogP contribution in [0.5, 0.6) is 0 Å². The Kier molecular flexibility index (Phi) is 10.8. The Morgan fingerprint density at radius 2 is 2.21 bits per heavy atom. The highest BCUT2D eigenvalue weighted by molar-refractivity contribution is 14.0. The summed E-state index contributed by atoms with van der Waals surface area (Å²) in [7, 11) is 3.97. The lowest BCUT2D eigenvalue weighted by Gasteiger charge is -2.26. The molecule has 138 valence electrons. The standard InChI is InChI=1S/C17H30N4OS.HI/c1-4-16-20-15(13-23-16)5-9-19-17(18-2)21(3)10-6-14-7-11-22-12-8-14;/h13-14H,4-12H2,1-3H3,(H,18,19);1H. The molecule has 0 radical (unpaired) electrons. The average molecular weight is 466 g/mol. The van der Waals surface area contributed by atoms with E-state index < -0.39 is 0 Å². The molecule has 0 aliphatic carbocycles. The Morgan fingerprint density at radius 3 is 2.83 bits per heavy atom. The average Bonchev–Trinajstić information content (AvgIpc) is 3.05. The van der Waals surface area contributed by atoms with Crippen LogP contribution in [0.25, 0.3) is 0 Å². The maximum Gasteiger partial charge on any atom is 0.193 e. The minimum atomic E-state index is 0. The number of hydrogen-bond donors (Lipinski definition) is 1. The highest BCUT2D eigenvalue weighted by Gasteiger charge is 2.15. The number of thiazole rings is 1. The minimum Gasteiger partial charge on any atom is -0.381 e. The van der Waals surface area contributed by atoms with Crippen LogP contribution < -0.4 is 5.32 Å². The van der Waals surface area contributed by atoms with Gasteiger partial charge in [0.25, 0.3) is 0 Å². The van der Waals surface area contributed by atoms with Gasteiger partial charge in [0.05, 0.1) is 10.7 Å². The fraction of sp³-hybridized carbons (Fsp3) is 0.765. The van der Waals surface area contributed by atoms with Crippen molar-refractivity contribution in [1.29, 1.82) is 0 Å². The molecule has 1 fully saturated rings. The number of guanidine groups is 1. The molecular weight excluding hydrogens is 435 g/mol. The molecule has 7 heteroatoms. The third-order valence-electron chi connectivity index (χ3n) is 4.35. The predicted molar refractivity (Wildman–Crippen MR) is 113 cm³/mol. The van der Waals surface area contributed by atoms with Gasteiger partial charge in [-0.05, 0) is 31.6 Å². The quantitative estimate of drug-likeness (QED) is 0.381. The van der Waals surface area contributed by atoms with E-state index in [4.69, 9.17) is 4.74 Å². The molecule has 0 saturated carbocycles. The van der Waals surface area contributed by atoms with Gasteiger partial charge >= 0.3 is 0 Å². The lowest BCUT2D eigenvalue weighted by atomic mass is 9.96. The van der Waals surface area contributed by atoms with Crippen LogP contribution in [0.15, 0.2) is 10.4 Å². The number of nitrogens with zero attached hydrogens (tertiary/aromatic N) is 3. The first-order valence-electron chi connectivity index (χ1n) is 8.65. The minimum absolute atomic E-state index is 0. The molecule has 1 aliphatic rings. The topological polar surface area (TPSA) is 49.8 Å². The summed E-state index contributed by atoms with van der Waals surface area (Å²) in [6, 6.07) is 0. The van der Waals surface area contributed by atoms with Crippen LogP contribution >= 0.6 is 35.3 Å². The van der Waals surface area contributed by atoms with E-state index in [0.29, 0.717) is 0 Å². The largest absolute Gasteiger partial charge is 0.381 e. The zero-order valence-corrected chi connectivity index (χ0v) is 18.2. The van der Waals surface area contributed by atoms with E-state index in [1.807, 2.05) is 7.05 Å². The van der Waals surface area contributed by atoms with E-state index in [1.54, 1.807) is 11.3 Å². The summed E-state index contributed by atoms with van der Waals surface area (Å²) in [5.74, 6) is 1.77. The van der Waals surface area contributed by atoms with E-state index in [9.17, 15) is 0 Å². The van der Waals surface area contributed by atoms with Gasteiger partial charge < -0.3 is 15.0 Å². The van der Waals surface area contributed by atoms with Crippen molar-refractivity contribution < 1.29 is 4.74 Å². The van der Waals surface area contributed by atoms with E-state index in [-0.39, 0.29) is 24.0 Å². The Balaban J connectivity index is 0.00000288. The highest BCUT2D eigenvalue weighted by Crippen LogP contribution is 2.18. The number of ether oxygens (including phenoxy) is 1.